The first-order valence-corrected chi connectivity index (χ1v) is 4.34. The van der Waals surface area contributed by atoms with Gasteiger partial charge in [0.2, 0.25) is 0 Å². The molecule has 0 bridgehead atoms. The van der Waals surface area contributed by atoms with Gasteiger partial charge in [0.05, 0.1) is 0 Å². The van der Waals surface area contributed by atoms with Crippen molar-refractivity contribution < 1.29 is 0 Å². The third kappa shape index (κ3) is 1.18. The van der Waals surface area contributed by atoms with Gasteiger partial charge >= 0.3 is 0 Å². The normalized spacial score (nSPS) is 41.7. The molecule has 0 aromatic rings. The van der Waals surface area contributed by atoms with Crippen LogP contribution >= 0.6 is 0 Å². The Morgan fingerprint density at radius 3 is 2.60 bits per heavy atom. The number of nitrogens with one attached hydrogen (secondary N) is 1. The molecule has 0 amide bonds. The lowest BCUT2D eigenvalue weighted by Crippen LogP contribution is -2.46. The molecule has 1 aliphatic carbocycles. The molecule has 0 aromatic carbocycles. The van der Waals surface area contributed by atoms with Gasteiger partial charge < -0.3 is 11.1 Å². The second-order valence-electron chi connectivity index (χ2n) is 3.66. The largest absolute Gasteiger partial charge is 0.326 e. The molecule has 1 heterocycles. The van der Waals surface area contributed by atoms with Gasteiger partial charge in [-0.3, -0.25) is 0 Å². The second kappa shape index (κ2) is 2.51. The van der Waals surface area contributed by atoms with Crippen molar-refractivity contribution in [1.82, 2.24) is 5.32 Å². The molecule has 2 aliphatic rings. The molecule has 10 heavy (non-hydrogen) atoms. The molecule has 2 nitrogen and oxygen atoms in total. The first kappa shape index (κ1) is 6.62. The van der Waals surface area contributed by atoms with Crippen molar-refractivity contribution in [3.05, 3.63) is 0 Å². The van der Waals surface area contributed by atoms with E-state index < -0.39 is 0 Å². The lowest BCUT2D eigenvalue weighted by atomic mass is 9.89. The van der Waals surface area contributed by atoms with Crippen LogP contribution in [0.25, 0.3) is 0 Å². The lowest BCUT2D eigenvalue weighted by Gasteiger charge is -2.29. The van der Waals surface area contributed by atoms with E-state index in [4.69, 9.17) is 5.73 Å². The summed E-state index contributed by atoms with van der Waals surface area (Å²) in [7, 11) is 0. The third-order valence-electron chi connectivity index (χ3n) is 2.81. The van der Waals surface area contributed by atoms with Crippen LogP contribution in [-0.2, 0) is 0 Å². The molecule has 0 radical (unpaired) electrons. The van der Waals surface area contributed by atoms with E-state index in [1.54, 1.807) is 0 Å². The van der Waals surface area contributed by atoms with Gasteiger partial charge in [-0.15, -0.1) is 0 Å². The fourth-order valence-corrected chi connectivity index (χ4v) is 2.01. The zero-order chi connectivity index (χ0) is 6.97. The fraction of sp³-hybridized carbons (Fsp3) is 1.00. The Labute approximate surface area is 62.2 Å². The van der Waals surface area contributed by atoms with Crippen LogP contribution in [0.15, 0.2) is 0 Å². The van der Waals surface area contributed by atoms with Crippen LogP contribution in [0, 0.1) is 11.8 Å². The van der Waals surface area contributed by atoms with Crippen LogP contribution in [0.2, 0.25) is 0 Å². The van der Waals surface area contributed by atoms with Crippen LogP contribution in [0.3, 0.4) is 0 Å². The molecule has 58 valence electrons. The Kier molecular flexibility index (Phi) is 1.66. The van der Waals surface area contributed by atoms with Gasteiger partial charge in [0.1, 0.15) is 0 Å². The Balaban J connectivity index is 1.90. The van der Waals surface area contributed by atoms with Crippen molar-refractivity contribution in [3.8, 4) is 0 Å². The molecule has 2 atom stereocenters. The zero-order valence-electron chi connectivity index (χ0n) is 6.34. The summed E-state index contributed by atoms with van der Waals surface area (Å²) in [5.41, 5.74) is 5.96. The van der Waals surface area contributed by atoms with E-state index in [1.165, 1.54) is 25.8 Å². The average Bonchev–Trinajstić information content (AvgIpc) is 2.71. The van der Waals surface area contributed by atoms with Gasteiger partial charge in [-0.1, -0.05) is 0 Å². The maximum atomic E-state index is 5.96. The van der Waals surface area contributed by atoms with E-state index in [-0.39, 0.29) is 0 Å². The summed E-state index contributed by atoms with van der Waals surface area (Å²) in [5, 5.41) is 3.32. The molecule has 3 N–H and O–H groups in total. The van der Waals surface area contributed by atoms with E-state index >= 15 is 0 Å². The van der Waals surface area contributed by atoms with Gasteiger partial charge in [-0.2, -0.15) is 0 Å². The Morgan fingerprint density at radius 1 is 1.20 bits per heavy atom. The van der Waals surface area contributed by atoms with E-state index in [9.17, 15) is 0 Å². The summed E-state index contributed by atoms with van der Waals surface area (Å²) < 4.78 is 0. The highest BCUT2D eigenvalue weighted by Gasteiger charge is 2.35. The number of hydrogen-bond acceptors (Lipinski definition) is 2. The number of hydrogen-bond donors (Lipinski definition) is 2. The minimum atomic E-state index is 0.446. The molecular weight excluding hydrogens is 124 g/mol. The van der Waals surface area contributed by atoms with Gasteiger partial charge in [0.15, 0.2) is 0 Å². The number of nitrogens with two attached hydrogens (primary N) is 1. The van der Waals surface area contributed by atoms with Crippen LogP contribution in [0.1, 0.15) is 19.3 Å². The summed E-state index contributed by atoms with van der Waals surface area (Å²) in [6, 6.07) is 0.446. The Hall–Kier alpha value is -0.0800. The SMILES string of the molecule is N[C@H]1CNCC[C@@H]1C1CC1. The standard InChI is InChI=1S/C8H16N2/c9-8-5-10-4-3-7(8)6-1-2-6/h6-8,10H,1-5,9H2/t7-,8+/m1/s1. The van der Waals surface area contributed by atoms with E-state index in [0.717, 1.165) is 18.4 Å². The predicted octanol–water partition coefficient (Wildman–Crippen LogP) is 0.333. The molecule has 0 aromatic heterocycles. The van der Waals surface area contributed by atoms with Gasteiger partial charge in [-0.25, -0.2) is 0 Å². The summed E-state index contributed by atoms with van der Waals surface area (Å²) in [5.74, 6) is 1.85. The van der Waals surface area contributed by atoms with E-state index in [2.05, 4.69) is 5.32 Å². The van der Waals surface area contributed by atoms with Gasteiger partial charge in [-0.05, 0) is 37.6 Å². The predicted molar refractivity (Wildman–Crippen MR) is 41.7 cm³/mol. The summed E-state index contributed by atoms with van der Waals surface area (Å²) in [6.07, 6.45) is 4.20. The highest BCUT2D eigenvalue weighted by Crippen LogP contribution is 2.40. The monoisotopic (exact) mass is 140 g/mol. The van der Waals surface area contributed by atoms with Crippen molar-refractivity contribution in [2.45, 2.75) is 25.3 Å². The zero-order valence-corrected chi connectivity index (χ0v) is 6.34. The topological polar surface area (TPSA) is 38.0 Å². The Morgan fingerprint density at radius 2 is 2.00 bits per heavy atom. The molecule has 2 rings (SSSR count). The summed E-state index contributed by atoms with van der Waals surface area (Å²) in [4.78, 5) is 0. The highest BCUT2D eigenvalue weighted by atomic mass is 14.9. The third-order valence-corrected chi connectivity index (χ3v) is 2.81. The van der Waals surface area contributed by atoms with Crippen molar-refractivity contribution in [2.75, 3.05) is 13.1 Å². The summed E-state index contributed by atoms with van der Waals surface area (Å²) >= 11 is 0. The fourth-order valence-electron chi connectivity index (χ4n) is 2.01. The van der Waals surface area contributed by atoms with Crippen LogP contribution in [0.4, 0.5) is 0 Å². The smallest absolute Gasteiger partial charge is 0.0197 e. The van der Waals surface area contributed by atoms with Crippen LogP contribution in [-0.4, -0.2) is 19.1 Å². The summed E-state index contributed by atoms with van der Waals surface area (Å²) in [6.45, 7) is 2.23. The molecule has 2 heteroatoms. The van der Waals surface area contributed by atoms with Crippen LogP contribution < -0.4 is 11.1 Å². The van der Waals surface area contributed by atoms with Crippen molar-refractivity contribution in [2.24, 2.45) is 17.6 Å². The molecule has 2 fully saturated rings. The molecular formula is C8H16N2. The maximum absolute atomic E-state index is 5.96. The molecule has 1 saturated heterocycles. The van der Waals surface area contributed by atoms with Gasteiger partial charge in [0.25, 0.3) is 0 Å². The van der Waals surface area contributed by atoms with Crippen molar-refractivity contribution in [3.63, 3.8) is 0 Å². The minimum Gasteiger partial charge on any atom is -0.326 e. The van der Waals surface area contributed by atoms with Crippen molar-refractivity contribution >= 4 is 0 Å². The molecule has 1 saturated carbocycles. The molecule has 0 spiro atoms. The number of rotatable bonds is 1. The second-order valence-corrected chi connectivity index (χ2v) is 3.66. The van der Waals surface area contributed by atoms with E-state index in [0.29, 0.717) is 6.04 Å². The van der Waals surface area contributed by atoms with E-state index in [1.807, 2.05) is 0 Å². The maximum Gasteiger partial charge on any atom is 0.0197 e. The van der Waals surface area contributed by atoms with Gasteiger partial charge in [0, 0.05) is 12.6 Å². The average molecular weight is 140 g/mol. The first-order chi connectivity index (χ1) is 4.88. The first-order valence-electron chi connectivity index (χ1n) is 4.34. The van der Waals surface area contributed by atoms with Crippen molar-refractivity contribution in [1.29, 1.82) is 0 Å². The quantitative estimate of drug-likeness (QED) is 0.551. The molecule has 1 aliphatic heterocycles. The minimum absolute atomic E-state index is 0.446. The highest BCUT2D eigenvalue weighted by molar-refractivity contribution is 4.91. The van der Waals surface area contributed by atoms with Crippen LogP contribution in [0.5, 0.6) is 0 Å². The molecule has 0 unspecified atom stereocenters. The number of piperidine rings is 1. The Bertz CT molecular complexity index is 120. The lowest BCUT2D eigenvalue weighted by molar-refractivity contribution is 0.292.